The maximum Gasteiger partial charge on any atom is 0.119 e. The summed E-state index contributed by atoms with van der Waals surface area (Å²) in [6, 6.07) is 10.0. The van der Waals surface area contributed by atoms with Crippen LogP contribution in [0.1, 0.15) is 18.4 Å². The third-order valence-corrected chi connectivity index (χ3v) is 3.80. The molecule has 0 saturated heterocycles. The lowest BCUT2D eigenvalue weighted by molar-refractivity contribution is 0.415. The van der Waals surface area contributed by atoms with Crippen LogP contribution in [0.15, 0.2) is 47.2 Å². The number of nitriles is 2. The molecule has 0 spiro atoms. The molecule has 1 N–H and O–H groups in total. The van der Waals surface area contributed by atoms with E-state index in [4.69, 9.17) is 10.00 Å². The lowest BCUT2D eigenvalue weighted by Gasteiger charge is -2.07. The highest BCUT2D eigenvalue weighted by atomic mass is 16.5. The molecule has 1 aliphatic heterocycles. The third kappa shape index (κ3) is 2.86. The van der Waals surface area contributed by atoms with Gasteiger partial charge in [0.1, 0.15) is 17.5 Å². The molecule has 112 valence electrons. The van der Waals surface area contributed by atoms with Crippen LogP contribution in [-0.2, 0) is 0 Å². The zero-order valence-corrected chi connectivity index (χ0v) is 12.6. The Hall–Kier alpha value is -3.31. The molecule has 1 aliphatic rings. The van der Waals surface area contributed by atoms with E-state index in [2.05, 4.69) is 22.1 Å². The molecule has 23 heavy (non-hydrogen) atoms. The molecule has 2 aromatic rings. The number of nitrogens with zero attached hydrogens (tertiary/aromatic N) is 3. The number of hydrogen-bond acceptors (Lipinski definition) is 4. The standard InChI is InChI=1S/C18H14N4O/c1-23-15-4-5-18-16(7-15)17(11-22-18)13(8-19)6-12-2-3-14(9-20)21-10-12/h4-7,10-11,22H,2-3H2,1H3/b13-6+. The number of benzene rings is 1. The van der Waals surface area contributed by atoms with Crippen molar-refractivity contribution in [1.82, 2.24) is 4.98 Å². The molecule has 0 saturated carbocycles. The number of ether oxygens (including phenoxy) is 1. The van der Waals surface area contributed by atoms with Crippen molar-refractivity contribution in [2.45, 2.75) is 12.8 Å². The van der Waals surface area contributed by atoms with E-state index in [0.29, 0.717) is 24.1 Å². The zero-order chi connectivity index (χ0) is 16.2. The summed E-state index contributed by atoms with van der Waals surface area (Å²) in [7, 11) is 1.62. The first-order valence-electron chi connectivity index (χ1n) is 7.18. The molecule has 2 heterocycles. The molecular formula is C18H14N4O. The number of nitrogens with one attached hydrogen (secondary N) is 1. The van der Waals surface area contributed by atoms with E-state index in [-0.39, 0.29) is 0 Å². The molecule has 0 aliphatic carbocycles. The molecule has 1 aromatic heterocycles. The van der Waals surface area contributed by atoms with Gasteiger partial charge in [0.15, 0.2) is 0 Å². The van der Waals surface area contributed by atoms with Crippen LogP contribution in [0.2, 0.25) is 0 Å². The van der Waals surface area contributed by atoms with Gasteiger partial charge in [-0.25, -0.2) is 4.99 Å². The molecule has 3 rings (SSSR count). The smallest absolute Gasteiger partial charge is 0.119 e. The Bertz CT molecular complexity index is 932. The second-order valence-corrected chi connectivity index (χ2v) is 5.18. The van der Waals surface area contributed by atoms with E-state index < -0.39 is 0 Å². The van der Waals surface area contributed by atoms with Gasteiger partial charge in [0.05, 0.1) is 18.8 Å². The molecule has 0 radical (unpaired) electrons. The van der Waals surface area contributed by atoms with Gasteiger partial charge in [-0.3, -0.25) is 0 Å². The third-order valence-electron chi connectivity index (χ3n) is 3.80. The van der Waals surface area contributed by atoms with Gasteiger partial charge in [-0.15, -0.1) is 0 Å². The minimum atomic E-state index is 0.525. The van der Waals surface area contributed by atoms with E-state index in [9.17, 15) is 5.26 Å². The summed E-state index contributed by atoms with van der Waals surface area (Å²) in [5, 5.41) is 19.3. The van der Waals surface area contributed by atoms with Crippen molar-refractivity contribution in [2.24, 2.45) is 4.99 Å². The first-order chi connectivity index (χ1) is 11.2. The number of aliphatic imine (C=N–C) groups is 1. The van der Waals surface area contributed by atoms with Crippen molar-refractivity contribution in [3.8, 4) is 17.9 Å². The van der Waals surface area contributed by atoms with Gasteiger partial charge in [0.25, 0.3) is 0 Å². The van der Waals surface area contributed by atoms with Crippen molar-refractivity contribution in [1.29, 1.82) is 10.5 Å². The van der Waals surface area contributed by atoms with Gasteiger partial charge in [-0.05, 0) is 36.3 Å². The van der Waals surface area contributed by atoms with Gasteiger partial charge < -0.3 is 9.72 Å². The summed E-state index contributed by atoms with van der Waals surface area (Å²) >= 11 is 0. The second-order valence-electron chi connectivity index (χ2n) is 5.18. The van der Waals surface area contributed by atoms with Crippen LogP contribution in [0.5, 0.6) is 5.75 Å². The minimum absolute atomic E-state index is 0.525. The first-order valence-corrected chi connectivity index (χ1v) is 7.18. The first kappa shape index (κ1) is 14.6. The monoisotopic (exact) mass is 302 g/mol. The topological polar surface area (TPSA) is 85.0 Å². The number of rotatable bonds is 3. The van der Waals surface area contributed by atoms with Crippen molar-refractivity contribution in [2.75, 3.05) is 7.11 Å². The lowest BCUT2D eigenvalue weighted by atomic mass is 9.99. The molecule has 0 amide bonds. The van der Waals surface area contributed by atoms with Crippen LogP contribution in [0.25, 0.3) is 16.5 Å². The summed E-state index contributed by atoms with van der Waals surface area (Å²) in [5.41, 5.74) is 3.81. The predicted molar refractivity (Wildman–Crippen MR) is 88.8 cm³/mol. The SMILES string of the molecule is COc1ccc2[nH]cc(/C(C#N)=C/C3=CN=C(C#N)CC3)c2c1. The average molecular weight is 302 g/mol. The number of H-pyrrole nitrogens is 1. The Morgan fingerprint density at radius 2 is 2.22 bits per heavy atom. The number of fused-ring (bicyclic) bond motifs is 1. The Kier molecular flexibility index (Phi) is 3.95. The fraction of sp³-hybridized carbons (Fsp3) is 0.167. The van der Waals surface area contributed by atoms with Crippen molar-refractivity contribution < 1.29 is 4.74 Å². The zero-order valence-electron chi connectivity index (χ0n) is 12.6. The molecule has 0 atom stereocenters. The summed E-state index contributed by atoms with van der Waals surface area (Å²) in [4.78, 5) is 7.27. The van der Waals surface area contributed by atoms with Gasteiger partial charge in [0.2, 0.25) is 0 Å². The maximum atomic E-state index is 9.53. The summed E-state index contributed by atoms with van der Waals surface area (Å²) in [5.74, 6) is 0.746. The lowest BCUT2D eigenvalue weighted by Crippen LogP contribution is -1.99. The molecule has 0 bridgehead atoms. The summed E-state index contributed by atoms with van der Waals surface area (Å²) < 4.78 is 5.26. The van der Waals surface area contributed by atoms with Crippen LogP contribution in [0, 0.1) is 22.7 Å². The molecule has 0 unspecified atom stereocenters. The van der Waals surface area contributed by atoms with E-state index >= 15 is 0 Å². The quantitative estimate of drug-likeness (QED) is 0.877. The van der Waals surface area contributed by atoms with Gasteiger partial charge in [-0.2, -0.15) is 10.5 Å². The average Bonchev–Trinajstić information content (AvgIpc) is 3.03. The fourth-order valence-electron chi connectivity index (χ4n) is 2.55. The van der Waals surface area contributed by atoms with Crippen LogP contribution in [-0.4, -0.2) is 17.8 Å². The second kappa shape index (κ2) is 6.21. The number of aromatic nitrogens is 1. The minimum Gasteiger partial charge on any atom is -0.497 e. The van der Waals surface area contributed by atoms with E-state index in [1.807, 2.05) is 30.5 Å². The highest BCUT2D eigenvalue weighted by Crippen LogP contribution is 2.29. The number of aromatic amines is 1. The molecule has 5 nitrogen and oxygen atoms in total. The van der Waals surface area contributed by atoms with Crippen molar-refractivity contribution in [3.63, 3.8) is 0 Å². The van der Waals surface area contributed by atoms with Crippen molar-refractivity contribution >= 4 is 22.2 Å². The van der Waals surface area contributed by atoms with Gasteiger partial charge >= 0.3 is 0 Å². The van der Waals surface area contributed by atoms with E-state index in [1.165, 1.54) is 0 Å². The van der Waals surface area contributed by atoms with E-state index in [1.54, 1.807) is 13.3 Å². The van der Waals surface area contributed by atoms with Crippen molar-refractivity contribution in [3.05, 3.63) is 47.8 Å². The van der Waals surface area contributed by atoms with E-state index in [0.717, 1.165) is 27.8 Å². The number of methoxy groups -OCH3 is 1. The highest BCUT2D eigenvalue weighted by Gasteiger charge is 2.12. The molecule has 5 heteroatoms. The normalized spacial score (nSPS) is 14.7. The van der Waals surface area contributed by atoms with Crippen LogP contribution < -0.4 is 4.74 Å². The van der Waals surface area contributed by atoms with Crippen LogP contribution in [0.4, 0.5) is 0 Å². The molecular weight excluding hydrogens is 288 g/mol. The molecule has 1 aromatic carbocycles. The largest absolute Gasteiger partial charge is 0.497 e. The summed E-state index contributed by atoms with van der Waals surface area (Å²) in [6.07, 6.45) is 6.64. The number of hydrogen-bond donors (Lipinski definition) is 1. The van der Waals surface area contributed by atoms with Gasteiger partial charge in [-0.1, -0.05) is 0 Å². The fourth-order valence-corrected chi connectivity index (χ4v) is 2.55. The molecule has 0 fully saturated rings. The maximum absolute atomic E-state index is 9.53. The highest BCUT2D eigenvalue weighted by molar-refractivity contribution is 6.00. The Labute approximate surface area is 133 Å². The Morgan fingerprint density at radius 3 is 2.87 bits per heavy atom. The van der Waals surface area contributed by atoms with Gasteiger partial charge in [0, 0.05) is 35.3 Å². The Balaban J connectivity index is 2.04. The number of allylic oxidation sites excluding steroid dienone is 3. The van der Waals surface area contributed by atoms with Crippen LogP contribution in [0.3, 0.4) is 0 Å². The van der Waals surface area contributed by atoms with Crippen LogP contribution >= 0.6 is 0 Å². The Morgan fingerprint density at radius 1 is 1.35 bits per heavy atom. The predicted octanol–water partition coefficient (Wildman–Crippen LogP) is 3.73. The summed E-state index contributed by atoms with van der Waals surface area (Å²) in [6.45, 7) is 0.